The van der Waals surface area contributed by atoms with Crippen LogP contribution in [0.2, 0.25) is 5.32 Å². The standard InChI is InChI=1S/C22H20O2Se/c1-23-19-10-7-9-18(14-19)22(16-25-20-11-3-2-4-12-20)15-17-8-5-6-13-21(17)24-22/h2-14H,15-16H2,1H3. The van der Waals surface area contributed by atoms with E-state index < -0.39 is 0 Å². The van der Waals surface area contributed by atoms with Crippen molar-refractivity contribution in [3.05, 3.63) is 90.0 Å². The fourth-order valence-corrected chi connectivity index (χ4v) is 5.51. The second-order valence-corrected chi connectivity index (χ2v) is 8.41. The molecule has 0 amide bonds. The van der Waals surface area contributed by atoms with Crippen molar-refractivity contribution in [1.82, 2.24) is 0 Å². The summed E-state index contributed by atoms with van der Waals surface area (Å²) in [7, 11) is 1.71. The van der Waals surface area contributed by atoms with Gasteiger partial charge in [0.05, 0.1) is 0 Å². The molecule has 3 heteroatoms. The van der Waals surface area contributed by atoms with Gasteiger partial charge in [-0.1, -0.05) is 0 Å². The molecule has 1 atom stereocenters. The summed E-state index contributed by atoms with van der Waals surface area (Å²) in [5.41, 5.74) is 2.17. The molecule has 3 aromatic carbocycles. The van der Waals surface area contributed by atoms with Crippen molar-refractivity contribution in [2.75, 3.05) is 7.11 Å². The first-order chi connectivity index (χ1) is 12.3. The summed E-state index contributed by atoms with van der Waals surface area (Å²) >= 11 is 0.340. The minimum atomic E-state index is -0.311. The molecule has 0 aromatic heterocycles. The fourth-order valence-electron chi connectivity index (χ4n) is 3.25. The van der Waals surface area contributed by atoms with Crippen LogP contribution in [0.25, 0.3) is 0 Å². The van der Waals surface area contributed by atoms with Gasteiger partial charge >= 0.3 is 155 Å². The Morgan fingerprint density at radius 3 is 2.56 bits per heavy atom. The van der Waals surface area contributed by atoms with Gasteiger partial charge in [0.15, 0.2) is 0 Å². The van der Waals surface area contributed by atoms with Crippen LogP contribution in [0, 0.1) is 0 Å². The van der Waals surface area contributed by atoms with Crippen LogP contribution in [-0.2, 0) is 12.0 Å². The zero-order valence-electron chi connectivity index (χ0n) is 14.1. The predicted octanol–water partition coefficient (Wildman–Crippen LogP) is 3.97. The number of fused-ring (bicyclic) bond motifs is 1. The van der Waals surface area contributed by atoms with E-state index in [0.29, 0.717) is 15.0 Å². The van der Waals surface area contributed by atoms with Crippen LogP contribution in [0.5, 0.6) is 11.5 Å². The Hall–Kier alpha value is -2.22. The molecule has 1 aliphatic heterocycles. The maximum atomic E-state index is 6.56. The molecule has 4 rings (SSSR count). The van der Waals surface area contributed by atoms with Crippen molar-refractivity contribution in [3.63, 3.8) is 0 Å². The first-order valence-corrected chi connectivity index (χ1v) is 10.5. The van der Waals surface area contributed by atoms with Gasteiger partial charge in [0, 0.05) is 0 Å². The number of para-hydroxylation sites is 1. The maximum absolute atomic E-state index is 6.56. The van der Waals surface area contributed by atoms with Crippen molar-refractivity contribution in [2.24, 2.45) is 0 Å². The zero-order chi connectivity index (χ0) is 17.1. The van der Waals surface area contributed by atoms with Gasteiger partial charge in [0.1, 0.15) is 0 Å². The monoisotopic (exact) mass is 396 g/mol. The first kappa shape index (κ1) is 16.3. The number of methoxy groups -OCH3 is 1. The molecule has 0 saturated heterocycles. The summed E-state index contributed by atoms with van der Waals surface area (Å²) in [4.78, 5) is 0. The van der Waals surface area contributed by atoms with Gasteiger partial charge in [-0.2, -0.15) is 0 Å². The summed E-state index contributed by atoms with van der Waals surface area (Å²) in [6.07, 6.45) is 0.908. The molecule has 0 aliphatic carbocycles. The molecule has 1 aliphatic rings. The third-order valence-corrected chi connectivity index (χ3v) is 7.12. The Morgan fingerprint density at radius 1 is 0.960 bits per heavy atom. The minimum absolute atomic E-state index is 0.311. The van der Waals surface area contributed by atoms with Crippen molar-refractivity contribution in [1.29, 1.82) is 0 Å². The Kier molecular flexibility index (Phi) is 4.52. The van der Waals surface area contributed by atoms with E-state index in [1.807, 2.05) is 12.1 Å². The molecule has 3 aromatic rings. The molecule has 0 saturated carbocycles. The number of ether oxygens (including phenoxy) is 2. The normalized spacial score (nSPS) is 18.4. The van der Waals surface area contributed by atoms with E-state index in [1.54, 1.807) is 7.11 Å². The molecule has 1 heterocycles. The summed E-state index contributed by atoms with van der Waals surface area (Å²) in [5, 5.41) is 0.992. The summed E-state index contributed by atoms with van der Waals surface area (Å²) in [5.74, 6) is 1.89. The Morgan fingerprint density at radius 2 is 1.76 bits per heavy atom. The first-order valence-electron chi connectivity index (χ1n) is 8.38. The van der Waals surface area contributed by atoms with E-state index in [0.717, 1.165) is 23.2 Å². The molecular weight excluding hydrogens is 375 g/mol. The predicted molar refractivity (Wildman–Crippen MR) is 102 cm³/mol. The van der Waals surface area contributed by atoms with Crippen LogP contribution in [0.1, 0.15) is 11.1 Å². The Labute approximate surface area is 155 Å². The van der Waals surface area contributed by atoms with E-state index in [-0.39, 0.29) is 5.60 Å². The molecule has 0 N–H and O–H groups in total. The fraction of sp³-hybridized carbons (Fsp3) is 0.182. The van der Waals surface area contributed by atoms with E-state index in [1.165, 1.54) is 15.6 Å². The van der Waals surface area contributed by atoms with E-state index in [9.17, 15) is 0 Å². The van der Waals surface area contributed by atoms with Gasteiger partial charge in [-0.3, -0.25) is 0 Å². The summed E-state index contributed by atoms with van der Waals surface area (Å²) < 4.78 is 13.4. The van der Waals surface area contributed by atoms with E-state index in [4.69, 9.17) is 9.47 Å². The second-order valence-electron chi connectivity index (χ2n) is 6.21. The van der Waals surface area contributed by atoms with Gasteiger partial charge < -0.3 is 0 Å². The second kappa shape index (κ2) is 6.95. The third kappa shape index (κ3) is 3.30. The van der Waals surface area contributed by atoms with Crippen LogP contribution in [0.3, 0.4) is 0 Å². The van der Waals surface area contributed by atoms with Crippen LogP contribution in [0.4, 0.5) is 0 Å². The molecule has 0 fully saturated rings. The van der Waals surface area contributed by atoms with Gasteiger partial charge in [0.2, 0.25) is 0 Å². The molecule has 25 heavy (non-hydrogen) atoms. The van der Waals surface area contributed by atoms with Crippen molar-refractivity contribution < 1.29 is 9.47 Å². The molecule has 0 spiro atoms. The number of rotatable bonds is 5. The molecule has 2 nitrogen and oxygen atoms in total. The quantitative estimate of drug-likeness (QED) is 0.609. The number of benzene rings is 3. The van der Waals surface area contributed by atoms with Crippen molar-refractivity contribution in [2.45, 2.75) is 17.3 Å². The van der Waals surface area contributed by atoms with Crippen molar-refractivity contribution in [3.8, 4) is 11.5 Å². The van der Waals surface area contributed by atoms with Gasteiger partial charge in [0.25, 0.3) is 0 Å². The Bertz CT molecular complexity index is 836. The zero-order valence-corrected chi connectivity index (χ0v) is 15.9. The molecule has 0 bridgehead atoms. The van der Waals surface area contributed by atoms with Crippen LogP contribution >= 0.6 is 0 Å². The van der Waals surface area contributed by atoms with Gasteiger partial charge in [-0.15, -0.1) is 0 Å². The molecule has 1 unspecified atom stereocenters. The molecular formula is C22H20O2Se. The van der Waals surface area contributed by atoms with Crippen LogP contribution in [0.15, 0.2) is 78.9 Å². The summed E-state index contributed by atoms with van der Waals surface area (Å²) in [6.45, 7) is 0. The SMILES string of the molecule is COc1cccc(C2(C[Se]c3ccccc3)Cc3ccccc3O2)c1. The average Bonchev–Trinajstić information content (AvgIpc) is 3.07. The van der Waals surface area contributed by atoms with Crippen LogP contribution in [-0.4, -0.2) is 22.1 Å². The molecule has 126 valence electrons. The van der Waals surface area contributed by atoms with E-state index >= 15 is 0 Å². The van der Waals surface area contributed by atoms with Gasteiger partial charge in [-0.05, 0) is 0 Å². The molecule has 0 radical (unpaired) electrons. The average molecular weight is 395 g/mol. The Balaban J connectivity index is 1.69. The number of hydrogen-bond donors (Lipinski definition) is 0. The van der Waals surface area contributed by atoms with E-state index in [2.05, 4.69) is 66.7 Å². The topological polar surface area (TPSA) is 18.5 Å². The summed E-state index contributed by atoms with van der Waals surface area (Å²) in [6, 6.07) is 27.4. The number of hydrogen-bond acceptors (Lipinski definition) is 2. The van der Waals surface area contributed by atoms with Crippen molar-refractivity contribution >= 4 is 19.4 Å². The third-order valence-electron chi connectivity index (χ3n) is 4.56. The van der Waals surface area contributed by atoms with Gasteiger partial charge in [-0.25, -0.2) is 0 Å². The van der Waals surface area contributed by atoms with Crippen LogP contribution < -0.4 is 13.9 Å².